The van der Waals surface area contributed by atoms with E-state index in [-0.39, 0.29) is 17.6 Å². The van der Waals surface area contributed by atoms with Crippen LogP contribution in [0.2, 0.25) is 0 Å². The predicted molar refractivity (Wildman–Crippen MR) is 113 cm³/mol. The second-order valence-electron chi connectivity index (χ2n) is 7.85. The number of carbonyl (C=O) groups is 1. The maximum absolute atomic E-state index is 13.0. The van der Waals surface area contributed by atoms with Crippen LogP contribution in [0.4, 0.5) is 14.5 Å². The second kappa shape index (κ2) is 8.14. The van der Waals surface area contributed by atoms with E-state index in [9.17, 15) is 13.6 Å². The zero-order valence-electron chi connectivity index (χ0n) is 16.9. The molecule has 1 aromatic carbocycles. The van der Waals surface area contributed by atoms with Crippen molar-refractivity contribution in [2.24, 2.45) is 0 Å². The quantitative estimate of drug-likeness (QED) is 0.670. The monoisotopic (exact) mass is 427 g/mol. The maximum Gasteiger partial charge on any atom is 0.320 e. The van der Waals surface area contributed by atoms with Gasteiger partial charge in [-0.1, -0.05) is 6.07 Å². The van der Waals surface area contributed by atoms with Crippen LogP contribution in [0.5, 0.6) is 5.75 Å². The number of hydrogen-bond acceptors (Lipinski definition) is 5. The van der Waals surface area contributed by atoms with Gasteiger partial charge in [-0.25, -0.2) is 4.98 Å². The molecule has 0 bridgehead atoms. The van der Waals surface area contributed by atoms with Crippen molar-refractivity contribution in [2.75, 3.05) is 37.7 Å². The zero-order valence-corrected chi connectivity index (χ0v) is 16.9. The number of rotatable bonds is 4. The fourth-order valence-electron chi connectivity index (χ4n) is 4.17. The molecule has 31 heavy (non-hydrogen) atoms. The van der Waals surface area contributed by atoms with E-state index in [4.69, 9.17) is 4.74 Å². The highest BCUT2D eigenvalue weighted by Crippen LogP contribution is 2.30. The normalized spacial score (nSPS) is 18.7. The van der Waals surface area contributed by atoms with Gasteiger partial charge in [0.1, 0.15) is 18.0 Å². The molecule has 2 aliphatic rings. The van der Waals surface area contributed by atoms with E-state index >= 15 is 0 Å². The molecule has 0 aliphatic carbocycles. The Balaban J connectivity index is 1.26. The van der Waals surface area contributed by atoms with Gasteiger partial charge in [-0.15, -0.1) is 0 Å². The standard InChI is InChI=1S/C22H23F2N5O2/c23-22(24)29-6-3-15-9-16(12-26-20(15)29)21(30)27-17-10-14-1-2-18(11-19(14)31-13-17)28-7-4-25-5-8-28/h1-3,6,9,11-12,17,22,25H,4-5,7-8,10,13H2,(H,27,30)/t17-/m0/s1. The first-order valence-electron chi connectivity index (χ1n) is 10.4. The molecule has 0 unspecified atom stereocenters. The van der Waals surface area contributed by atoms with Gasteiger partial charge in [0.15, 0.2) is 0 Å². The van der Waals surface area contributed by atoms with Gasteiger partial charge in [0.2, 0.25) is 0 Å². The predicted octanol–water partition coefficient (Wildman–Crippen LogP) is 2.57. The Morgan fingerprint density at radius 1 is 1.23 bits per heavy atom. The minimum atomic E-state index is -2.67. The smallest absolute Gasteiger partial charge is 0.320 e. The molecule has 3 aromatic rings. The number of aromatic nitrogens is 2. The number of carbonyl (C=O) groups excluding carboxylic acids is 1. The van der Waals surface area contributed by atoms with E-state index in [1.807, 2.05) is 0 Å². The van der Waals surface area contributed by atoms with Gasteiger partial charge in [0, 0.05) is 55.7 Å². The molecular weight excluding hydrogens is 404 g/mol. The first-order valence-corrected chi connectivity index (χ1v) is 10.4. The van der Waals surface area contributed by atoms with E-state index in [1.54, 1.807) is 6.07 Å². The summed E-state index contributed by atoms with van der Waals surface area (Å²) in [5.41, 5.74) is 2.69. The number of pyridine rings is 1. The molecule has 1 fully saturated rings. The highest BCUT2D eigenvalue weighted by molar-refractivity contribution is 5.97. The van der Waals surface area contributed by atoms with E-state index < -0.39 is 6.55 Å². The van der Waals surface area contributed by atoms with Crippen LogP contribution in [0, 0.1) is 0 Å². The van der Waals surface area contributed by atoms with Crippen molar-refractivity contribution < 1.29 is 18.3 Å². The number of nitrogens with one attached hydrogen (secondary N) is 2. The summed E-state index contributed by atoms with van der Waals surface area (Å²) in [5, 5.41) is 6.82. The van der Waals surface area contributed by atoms with Gasteiger partial charge < -0.3 is 20.3 Å². The number of benzene rings is 1. The molecule has 162 valence electrons. The number of ether oxygens (including phenoxy) is 1. The number of fused-ring (bicyclic) bond motifs is 2. The largest absolute Gasteiger partial charge is 0.491 e. The average Bonchev–Trinajstić information content (AvgIpc) is 3.23. The summed E-state index contributed by atoms with van der Waals surface area (Å²) in [5.74, 6) is 0.562. The minimum absolute atomic E-state index is 0.154. The Labute approximate surface area is 178 Å². The number of amides is 1. The Hall–Kier alpha value is -3.20. The summed E-state index contributed by atoms with van der Waals surface area (Å²) >= 11 is 0. The van der Waals surface area contributed by atoms with Crippen molar-refractivity contribution in [3.63, 3.8) is 0 Å². The Morgan fingerprint density at radius 3 is 2.87 bits per heavy atom. The van der Waals surface area contributed by atoms with Crippen LogP contribution in [-0.4, -0.2) is 54.3 Å². The molecular formula is C22H23F2N5O2. The molecule has 2 N–H and O–H groups in total. The zero-order chi connectivity index (χ0) is 21.4. The molecule has 1 saturated heterocycles. The third-order valence-corrected chi connectivity index (χ3v) is 5.80. The van der Waals surface area contributed by atoms with Crippen molar-refractivity contribution in [3.8, 4) is 5.75 Å². The van der Waals surface area contributed by atoms with Crippen LogP contribution < -0.4 is 20.3 Å². The fourth-order valence-corrected chi connectivity index (χ4v) is 4.17. The van der Waals surface area contributed by atoms with Gasteiger partial charge in [-0.05, 0) is 30.2 Å². The summed E-state index contributed by atoms with van der Waals surface area (Å²) in [4.78, 5) is 19.1. The van der Waals surface area contributed by atoms with Gasteiger partial charge >= 0.3 is 6.55 Å². The minimum Gasteiger partial charge on any atom is -0.491 e. The van der Waals surface area contributed by atoms with Crippen molar-refractivity contribution in [1.29, 1.82) is 0 Å². The van der Waals surface area contributed by atoms with E-state index in [0.29, 0.717) is 24.0 Å². The Morgan fingerprint density at radius 2 is 2.06 bits per heavy atom. The van der Waals surface area contributed by atoms with Crippen molar-refractivity contribution in [3.05, 3.63) is 53.9 Å². The lowest BCUT2D eigenvalue weighted by Crippen LogP contribution is -2.44. The lowest BCUT2D eigenvalue weighted by molar-refractivity contribution is 0.0746. The van der Waals surface area contributed by atoms with E-state index in [2.05, 4.69) is 38.7 Å². The maximum atomic E-state index is 13.0. The lowest BCUT2D eigenvalue weighted by atomic mass is 10.0. The summed E-state index contributed by atoms with van der Waals surface area (Å²) in [6.07, 6.45) is 3.26. The van der Waals surface area contributed by atoms with Crippen LogP contribution in [0.3, 0.4) is 0 Å². The molecule has 7 nitrogen and oxygen atoms in total. The lowest BCUT2D eigenvalue weighted by Gasteiger charge is -2.31. The number of anilines is 1. The van der Waals surface area contributed by atoms with Crippen LogP contribution >= 0.6 is 0 Å². The van der Waals surface area contributed by atoms with Crippen LogP contribution in [0.25, 0.3) is 11.0 Å². The molecule has 1 amide bonds. The Bertz CT molecular complexity index is 1110. The van der Waals surface area contributed by atoms with Crippen LogP contribution in [-0.2, 0) is 6.42 Å². The highest BCUT2D eigenvalue weighted by Gasteiger charge is 2.24. The summed E-state index contributed by atoms with van der Waals surface area (Å²) in [6, 6.07) is 9.17. The van der Waals surface area contributed by atoms with Gasteiger partial charge in [0.05, 0.1) is 11.6 Å². The summed E-state index contributed by atoms with van der Waals surface area (Å²) < 4.78 is 32.7. The SMILES string of the molecule is O=C(N[C@@H]1COc2cc(N3CCNCC3)ccc2C1)c1cnc2c(ccn2C(F)F)c1. The van der Waals surface area contributed by atoms with Crippen molar-refractivity contribution >= 4 is 22.6 Å². The number of piperazine rings is 1. The van der Waals surface area contributed by atoms with E-state index in [1.165, 1.54) is 18.5 Å². The molecule has 0 saturated carbocycles. The molecule has 0 spiro atoms. The topological polar surface area (TPSA) is 71.4 Å². The third-order valence-electron chi connectivity index (χ3n) is 5.80. The molecule has 5 rings (SSSR count). The number of alkyl halides is 2. The van der Waals surface area contributed by atoms with Gasteiger partial charge in [-0.3, -0.25) is 9.36 Å². The molecule has 2 aliphatic heterocycles. The number of nitrogens with zero attached hydrogens (tertiary/aromatic N) is 3. The summed E-state index contributed by atoms with van der Waals surface area (Å²) in [7, 11) is 0. The third kappa shape index (κ3) is 3.93. The number of halogens is 2. The molecule has 0 radical (unpaired) electrons. The van der Waals surface area contributed by atoms with Crippen molar-refractivity contribution in [1.82, 2.24) is 20.2 Å². The molecule has 9 heteroatoms. The van der Waals surface area contributed by atoms with E-state index in [0.717, 1.165) is 47.7 Å². The second-order valence-corrected chi connectivity index (χ2v) is 7.85. The Kier molecular flexibility index (Phi) is 5.19. The highest BCUT2D eigenvalue weighted by atomic mass is 19.3. The van der Waals surface area contributed by atoms with Crippen molar-refractivity contribution in [2.45, 2.75) is 19.0 Å². The fraction of sp³-hybridized carbons (Fsp3) is 0.364. The molecule has 2 aromatic heterocycles. The van der Waals surface area contributed by atoms with Crippen LogP contribution in [0.1, 0.15) is 22.5 Å². The van der Waals surface area contributed by atoms with Crippen LogP contribution in [0.15, 0.2) is 42.7 Å². The first-order chi connectivity index (χ1) is 15.1. The van der Waals surface area contributed by atoms with Gasteiger partial charge in [-0.2, -0.15) is 8.78 Å². The first kappa shape index (κ1) is 19.7. The van der Waals surface area contributed by atoms with Gasteiger partial charge in [0.25, 0.3) is 5.91 Å². The average molecular weight is 427 g/mol. The molecule has 1 atom stereocenters. The number of hydrogen-bond donors (Lipinski definition) is 2. The summed E-state index contributed by atoms with van der Waals surface area (Å²) in [6.45, 7) is 1.59. The molecule has 4 heterocycles.